The highest BCUT2D eigenvalue weighted by Crippen LogP contribution is 1.92. The highest BCUT2D eigenvalue weighted by atomic mass is 16.5. The summed E-state index contributed by atoms with van der Waals surface area (Å²) in [6.07, 6.45) is 1.44. The fourth-order valence-electron chi connectivity index (χ4n) is 1.74. The number of hydrogen-bond acceptors (Lipinski definition) is 7. The van der Waals surface area contributed by atoms with Crippen LogP contribution in [0.15, 0.2) is 0 Å². The van der Waals surface area contributed by atoms with E-state index in [0.29, 0.717) is 65.4 Å². The fourth-order valence-corrected chi connectivity index (χ4v) is 1.74. The fraction of sp³-hybridized carbons (Fsp3) is 0.824. The van der Waals surface area contributed by atoms with Crippen molar-refractivity contribution in [1.29, 1.82) is 0 Å². The topological polar surface area (TPSA) is 112 Å². The highest BCUT2D eigenvalue weighted by Gasteiger charge is 2.03. The van der Waals surface area contributed by atoms with Gasteiger partial charge in [0.25, 0.3) is 0 Å². The average molecular weight is 376 g/mol. The van der Waals surface area contributed by atoms with Crippen LogP contribution in [0.1, 0.15) is 26.2 Å². The van der Waals surface area contributed by atoms with Crippen molar-refractivity contribution in [2.45, 2.75) is 26.2 Å². The van der Waals surface area contributed by atoms with Crippen LogP contribution in [-0.2, 0) is 33.3 Å². The largest absolute Gasteiger partial charge is 0.382 e. The molecule has 0 atom stereocenters. The predicted octanol–water partition coefficient (Wildman–Crippen LogP) is -0.326. The zero-order valence-electron chi connectivity index (χ0n) is 15.8. The van der Waals surface area contributed by atoms with E-state index in [1.807, 2.05) is 0 Å². The van der Waals surface area contributed by atoms with Crippen LogP contribution in [0.2, 0.25) is 0 Å². The van der Waals surface area contributed by atoms with Gasteiger partial charge >= 0.3 is 0 Å². The van der Waals surface area contributed by atoms with Gasteiger partial charge in [-0.05, 0) is 6.42 Å². The van der Waals surface area contributed by atoms with Gasteiger partial charge < -0.3 is 29.6 Å². The van der Waals surface area contributed by atoms with E-state index in [0.717, 1.165) is 0 Å². The molecule has 9 heteroatoms. The van der Waals surface area contributed by atoms with Crippen molar-refractivity contribution >= 4 is 17.6 Å². The quantitative estimate of drug-likeness (QED) is 0.315. The van der Waals surface area contributed by atoms with Crippen molar-refractivity contribution in [2.24, 2.45) is 0 Å². The van der Waals surface area contributed by atoms with Crippen LogP contribution in [0.25, 0.3) is 0 Å². The Kier molecular flexibility index (Phi) is 17.2. The third-order valence-electron chi connectivity index (χ3n) is 3.14. The number of ether oxygens (including phenoxy) is 4. The number of carbonyl (C=O) groups is 3. The van der Waals surface area contributed by atoms with Crippen LogP contribution < -0.4 is 10.6 Å². The van der Waals surface area contributed by atoms with E-state index >= 15 is 0 Å². The third-order valence-corrected chi connectivity index (χ3v) is 3.14. The van der Waals surface area contributed by atoms with E-state index in [1.165, 1.54) is 0 Å². The van der Waals surface area contributed by atoms with Gasteiger partial charge in [-0.25, -0.2) is 0 Å². The Balaban J connectivity index is 3.31. The SMILES string of the molecule is CCC(=O)NCCCC(=O)COCCOCCNC(=O)COCCOC. The minimum absolute atomic E-state index is 0.00326. The number of amides is 2. The van der Waals surface area contributed by atoms with Crippen molar-refractivity contribution in [3.05, 3.63) is 0 Å². The van der Waals surface area contributed by atoms with Crippen LogP contribution in [-0.4, -0.2) is 84.0 Å². The molecule has 0 spiro atoms. The van der Waals surface area contributed by atoms with E-state index in [-0.39, 0.29) is 30.8 Å². The van der Waals surface area contributed by atoms with Crippen molar-refractivity contribution < 1.29 is 33.3 Å². The Morgan fingerprint density at radius 2 is 1.42 bits per heavy atom. The molecule has 26 heavy (non-hydrogen) atoms. The first-order valence-electron chi connectivity index (χ1n) is 8.87. The van der Waals surface area contributed by atoms with Gasteiger partial charge in [-0.15, -0.1) is 0 Å². The van der Waals surface area contributed by atoms with Crippen LogP contribution in [0.3, 0.4) is 0 Å². The first kappa shape index (κ1) is 24.5. The van der Waals surface area contributed by atoms with E-state index in [4.69, 9.17) is 18.9 Å². The minimum atomic E-state index is -0.207. The van der Waals surface area contributed by atoms with Crippen molar-refractivity contribution in [3.8, 4) is 0 Å². The molecular formula is C17H32N2O7. The molecule has 0 aliphatic rings. The van der Waals surface area contributed by atoms with Gasteiger partial charge in [0.05, 0.1) is 33.0 Å². The molecule has 0 saturated heterocycles. The Bertz CT molecular complexity index is 391. The first-order valence-corrected chi connectivity index (χ1v) is 8.87. The molecule has 0 rings (SSSR count). The summed E-state index contributed by atoms with van der Waals surface area (Å²) in [4.78, 5) is 33.9. The lowest BCUT2D eigenvalue weighted by atomic mass is 10.2. The van der Waals surface area contributed by atoms with Gasteiger partial charge in [0.2, 0.25) is 11.8 Å². The van der Waals surface area contributed by atoms with Crippen LogP contribution in [0.4, 0.5) is 0 Å². The number of rotatable bonds is 18. The molecule has 0 unspecified atom stereocenters. The highest BCUT2D eigenvalue weighted by molar-refractivity contribution is 5.79. The van der Waals surface area contributed by atoms with E-state index in [9.17, 15) is 14.4 Å². The first-order chi connectivity index (χ1) is 12.6. The van der Waals surface area contributed by atoms with E-state index < -0.39 is 0 Å². The third kappa shape index (κ3) is 17.3. The molecule has 0 aromatic heterocycles. The zero-order chi connectivity index (χ0) is 19.5. The summed E-state index contributed by atoms with van der Waals surface area (Å²) in [6.45, 7) is 4.56. The molecule has 0 fully saturated rings. The van der Waals surface area contributed by atoms with Crippen molar-refractivity contribution in [3.63, 3.8) is 0 Å². The molecule has 0 bridgehead atoms. The van der Waals surface area contributed by atoms with Gasteiger partial charge in [-0.3, -0.25) is 14.4 Å². The van der Waals surface area contributed by atoms with Crippen molar-refractivity contribution in [2.75, 3.05) is 66.4 Å². The monoisotopic (exact) mass is 376 g/mol. The van der Waals surface area contributed by atoms with Gasteiger partial charge in [-0.2, -0.15) is 0 Å². The van der Waals surface area contributed by atoms with E-state index in [2.05, 4.69) is 10.6 Å². The molecule has 0 heterocycles. The standard InChI is InChI=1S/C17H32N2O7/c1-3-16(21)18-6-4-5-15(20)13-25-12-11-24-8-7-19-17(22)14-26-10-9-23-2/h3-14H2,1-2H3,(H,18,21)(H,19,22). The summed E-state index contributed by atoms with van der Waals surface area (Å²) in [6, 6.07) is 0. The normalized spacial score (nSPS) is 10.5. The summed E-state index contributed by atoms with van der Waals surface area (Å²) in [5.74, 6) is -0.223. The number of nitrogens with one attached hydrogen (secondary N) is 2. The lowest BCUT2D eigenvalue weighted by molar-refractivity contribution is -0.127. The van der Waals surface area contributed by atoms with Gasteiger partial charge in [0, 0.05) is 33.0 Å². The number of ketones is 1. The summed E-state index contributed by atoms with van der Waals surface area (Å²) in [5, 5.41) is 5.37. The molecule has 2 N–H and O–H groups in total. The lowest BCUT2D eigenvalue weighted by Crippen LogP contribution is -2.31. The van der Waals surface area contributed by atoms with Crippen molar-refractivity contribution in [1.82, 2.24) is 10.6 Å². The Morgan fingerprint density at radius 3 is 2.15 bits per heavy atom. The maximum atomic E-state index is 11.5. The zero-order valence-corrected chi connectivity index (χ0v) is 15.8. The second-order valence-electron chi connectivity index (χ2n) is 5.41. The van der Waals surface area contributed by atoms with Crippen LogP contribution in [0, 0.1) is 0 Å². The van der Waals surface area contributed by atoms with Gasteiger partial charge in [0.1, 0.15) is 13.2 Å². The molecule has 0 aromatic rings. The Labute approximate surface area is 155 Å². The molecule has 9 nitrogen and oxygen atoms in total. The smallest absolute Gasteiger partial charge is 0.246 e. The molecule has 0 saturated carbocycles. The molecular weight excluding hydrogens is 344 g/mol. The maximum Gasteiger partial charge on any atom is 0.246 e. The summed E-state index contributed by atoms with van der Waals surface area (Å²) < 4.78 is 20.4. The molecule has 0 radical (unpaired) electrons. The number of Topliss-reactive ketones (excluding diaryl/α,β-unsaturated/α-hetero) is 1. The lowest BCUT2D eigenvalue weighted by Gasteiger charge is -2.08. The number of methoxy groups -OCH3 is 1. The summed E-state index contributed by atoms with van der Waals surface area (Å²) in [5.41, 5.74) is 0. The molecule has 0 aliphatic heterocycles. The number of hydrogen-bond donors (Lipinski definition) is 2. The van der Waals surface area contributed by atoms with Crippen LogP contribution >= 0.6 is 0 Å². The molecule has 152 valence electrons. The minimum Gasteiger partial charge on any atom is -0.382 e. The number of carbonyl (C=O) groups excluding carboxylic acids is 3. The van der Waals surface area contributed by atoms with E-state index in [1.54, 1.807) is 14.0 Å². The second kappa shape index (κ2) is 18.2. The summed E-state index contributed by atoms with van der Waals surface area (Å²) in [7, 11) is 1.57. The predicted molar refractivity (Wildman–Crippen MR) is 94.9 cm³/mol. The maximum absolute atomic E-state index is 11.5. The molecule has 0 aromatic carbocycles. The van der Waals surface area contributed by atoms with Gasteiger partial charge in [-0.1, -0.05) is 6.92 Å². The summed E-state index contributed by atoms with van der Waals surface area (Å²) >= 11 is 0. The van der Waals surface area contributed by atoms with Gasteiger partial charge in [0.15, 0.2) is 5.78 Å². The molecule has 0 aliphatic carbocycles. The Hall–Kier alpha value is -1.55. The Morgan fingerprint density at radius 1 is 0.769 bits per heavy atom. The second-order valence-corrected chi connectivity index (χ2v) is 5.41. The molecule has 2 amide bonds. The average Bonchev–Trinajstić information content (AvgIpc) is 2.64. The van der Waals surface area contributed by atoms with Crippen LogP contribution in [0.5, 0.6) is 0 Å².